The molecule has 3 rings (SSSR count). The molecule has 0 aliphatic carbocycles. The molecular formula is C29H31Cl3N2O2S. The molecule has 0 heterocycles. The van der Waals surface area contributed by atoms with Crippen LogP contribution in [0, 0.1) is 5.92 Å². The van der Waals surface area contributed by atoms with Crippen molar-refractivity contribution in [2.24, 2.45) is 5.92 Å². The lowest BCUT2D eigenvalue weighted by atomic mass is 10.0. The van der Waals surface area contributed by atoms with Gasteiger partial charge in [-0.3, -0.25) is 9.59 Å². The third-order valence-electron chi connectivity index (χ3n) is 5.68. The summed E-state index contributed by atoms with van der Waals surface area (Å²) in [6.45, 7) is 4.84. The molecule has 0 bridgehead atoms. The van der Waals surface area contributed by atoms with Gasteiger partial charge in [0.15, 0.2) is 0 Å². The first-order valence-corrected chi connectivity index (χ1v) is 14.4. The summed E-state index contributed by atoms with van der Waals surface area (Å²) in [4.78, 5) is 28.8. The number of hydrogen-bond acceptors (Lipinski definition) is 3. The zero-order valence-corrected chi connectivity index (χ0v) is 24.0. The topological polar surface area (TPSA) is 49.4 Å². The van der Waals surface area contributed by atoms with Gasteiger partial charge in [0.25, 0.3) is 0 Å². The van der Waals surface area contributed by atoms with Crippen molar-refractivity contribution in [3.63, 3.8) is 0 Å². The van der Waals surface area contributed by atoms with E-state index in [-0.39, 0.29) is 30.0 Å². The van der Waals surface area contributed by atoms with Gasteiger partial charge < -0.3 is 10.2 Å². The zero-order chi connectivity index (χ0) is 26.8. The van der Waals surface area contributed by atoms with Crippen molar-refractivity contribution in [3.8, 4) is 0 Å². The fourth-order valence-corrected chi connectivity index (χ4v) is 5.17. The lowest BCUT2D eigenvalue weighted by molar-refractivity contribution is -0.139. The van der Waals surface area contributed by atoms with Crippen molar-refractivity contribution >= 4 is 58.4 Å². The minimum Gasteiger partial charge on any atom is -0.354 e. The first-order chi connectivity index (χ1) is 17.7. The van der Waals surface area contributed by atoms with E-state index < -0.39 is 6.04 Å². The monoisotopic (exact) mass is 576 g/mol. The van der Waals surface area contributed by atoms with Gasteiger partial charge in [-0.2, -0.15) is 0 Å². The van der Waals surface area contributed by atoms with Gasteiger partial charge in [0.05, 0.1) is 15.8 Å². The molecule has 0 spiro atoms. The van der Waals surface area contributed by atoms with Crippen LogP contribution in [0.4, 0.5) is 0 Å². The second kappa shape index (κ2) is 14.7. The second-order valence-corrected chi connectivity index (χ2v) is 11.5. The molecule has 0 unspecified atom stereocenters. The fourth-order valence-electron chi connectivity index (χ4n) is 3.78. The average Bonchev–Trinajstić information content (AvgIpc) is 2.87. The number of nitrogens with one attached hydrogen (secondary N) is 1. The van der Waals surface area contributed by atoms with E-state index in [1.807, 2.05) is 74.5 Å². The van der Waals surface area contributed by atoms with Crippen LogP contribution >= 0.6 is 46.6 Å². The summed E-state index contributed by atoms with van der Waals surface area (Å²) in [5, 5.41) is 4.54. The van der Waals surface area contributed by atoms with Crippen LogP contribution in [0.2, 0.25) is 15.1 Å². The smallest absolute Gasteiger partial charge is 0.243 e. The van der Waals surface area contributed by atoms with Crippen molar-refractivity contribution in [2.45, 2.75) is 38.6 Å². The number of benzene rings is 3. The molecule has 0 radical (unpaired) electrons. The van der Waals surface area contributed by atoms with Gasteiger partial charge in [-0.1, -0.05) is 97.2 Å². The van der Waals surface area contributed by atoms with Gasteiger partial charge >= 0.3 is 0 Å². The second-order valence-electron chi connectivity index (χ2n) is 9.24. The Kier molecular flexibility index (Phi) is 11.7. The van der Waals surface area contributed by atoms with E-state index in [1.54, 1.807) is 17.0 Å². The van der Waals surface area contributed by atoms with Crippen molar-refractivity contribution in [3.05, 3.63) is 105 Å². The van der Waals surface area contributed by atoms with Gasteiger partial charge in [0.2, 0.25) is 11.8 Å². The number of hydrogen-bond donors (Lipinski definition) is 1. The number of rotatable bonds is 12. The lowest BCUT2D eigenvalue weighted by Crippen LogP contribution is -2.51. The number of amides is 2. The summed E-state index contributed by atoms with van der Waals surface area (Å²) in [7, 11) is 0. The van der Waals surface area contributed by atoms with Gasteiger partial charge in [-0.05, 0) is 46.9 Å². The standard InChI is InChI=1S/C29H31Cl3N2O2S/c1-20(2)16-33-29(36)27(15-21-7-4-3-5-8-21)34(17-22-11-12-25(31)26(32)14-22)28(35)19-37-18-23-9-6-10-24(30)13-23/h3-14,20,27H,15-19H2,1-2H3,(H,33,36)/t27-/m0/s1. The first-order valence-electron chi connectivity index (χ1n) is 12.1. The molecule has 0 aromatic heterocycles. The van der Waals surface area contributed by atoms with Gasteiger partial charge in [-0.25, -0.2) is 0 Å². The van der Waals surface area contributed by atoms with Crippen LogP contribution in [0.15, 0.2) is 72.8 Å². The SMILES string of the molecule is CC(C)CNC(=O)[C@H](Cc1ccccc1)N(Cc1ccc(Cl)c(Cl)c1)C(=O)CSCc1cccc(Cl)c1. The predicted molar refractivity (Wildman–Crippen MR) is 156 cm³/mol. The minimum absolute atomic E-state index is 0.126. The third-order valence-corrected chi connectivity index (χ3v) is 7.64. The van der Waals surface area contributed by atoms with Crippen LogP contribution in [-0.4, -0.2) is 35.1 Å². The molecule has 0 aliphatic heterocycles. The average molecular weight is 578 g/mol. The summed E-state index contributed by atoms with van der Waals surface area (Å²) in [6.07, 6.45) is 0.400. The van der Waals surface area contributed by atoms with E-state index in [1.165, 1.54) is 11.8 Å². The molecule has 0 aliphatic rings. The highest BCUT2D eigenvalue weighted by Crippen LogP contribution is 2.25. The van der Waals surface area contributed by atoms with E-state index in [9.17, 15) is 9.59 Å². The molecule has 0 fully saturated rings. The van der Waals surface area contributed by atoms with E-state index in [2.05, 4.69) is 5.32 Å². The molecule has 4 nitrogen and oxygen atoms in total. The van der Waals surface area contributed by atoms with E-state index in [0.29, 0.717) is 33.8 Å². The molecule has 3 aromatic rings. The van der Waals surface area contributed by atoms with Crippen molar-refractivity contribution in [1.82, 2.24) is 10.2 Å². The quantitative estimate of drug-likeness (QED) is 0.246. The summed E-state index contributed by atoms with van der Waals surface area (Å²) in [6, 6.07) is 21.9. The maximum Gasteiger partial charge on any atom is 0.243 e. The molecule has 196 valence electrons. The molecule has 2 amide bonds. The molecule has 3 aromatic carbocycles. The highest BCUT2D eigenvalue weighted by atomic mass is 35.5. The minimum atomic E-state index is -0.685. The normalized spacial score (nSPS) is 11.8. The number of carbonyl (C=O) groups excluding carboxylic acids is 2. The molecule has 0 saturated carbocycles. The molecule has 1 N–H and O–H groups in total. The number of carbonyl (C=O) groups is 2. The summed E-state index contributed by atoms with van der Waals surface area (Å²) >= 11 is 20.0. The van der Waals surface area contributed by atoms with Crippen LogP contribution < -0.4 is 5.32 Å². The summed E-state index contributed by atoms with van der Waals surface area (Å²) < 4.78 is 0. The van der Waals surface area contributed by atoms with Gasteiger partial charge in [0.1, 0.15) is 6.04 Å². The van der Waals surface area contributed by atoms with Crippen LogP contribution in [0.3, 0.4) is 0 Å². The Morgan fingerprint density at radius 2 is 1.59 bits per heavy atom. The Morgan fingerprint density at radius 1 is 0.865 bits per heavy atom. The van der Waals surface area contributed by atoms with Crippen LogP contribution in [0.25, 0.3) is 0 Å². The molecule has 8 heteroatoms. The van der Waals surface area contributed by atoms with Crippen LogP contribution in [-0.2, 0) is 28.3 Å². The number of halogens is 3. The summed E-state index contributed by atoms with van der Waals surface area (Å²) in [5.41, 5.74) is 2.82. The fraction of sp³-hybridized carbons (Fsp3) is 0.310. The van der Waals surface area contributed by atoms with E-state index in [4.69, 9.17) is 34.8 Å². The largest absolute Gasteiger partial charge is 0.354 e. The van der Waals surface area contributed by atoms with Crippen molar-refractivity contribution in [2.75, 3.05) is 12.3 Å². The Labute approximate surface area is 238 Å². The zero-order valence-electron chi connectivity index (χ0n) is 20.9. The first kappa shape index (κ1) is 29.4. The molecule has 0 saturated heterocycles. The maximum absolute atomic E-state index is 13.7. The van der Waals surface area contributed by atoms with Crippen LogP contribution in [0.1, 0.15) is 30.5 Å². The summed E-state index contributed by atoms with van der Waals surface area (Å²) in [5.74, 6) is 0.838. The van der Waals surface area contributed by atoms with Crippen LogP contribution in [0.5, 0.6) is 0 Å². The van der Waals surface area contributed by atoms with E-state index >= 15 is 0 Å². The molecule has 37 heavy (non-hydrogen) atoms. The Hall–Kier alpha value is -2.18. The van der Waals surface area contributed by atoms with Crippen molar-refractivity contribution < 1.29 is 9.59 Å². The Balaban J connectivity index is 1.86. The maximum atomic E-state index is 13.7. The highest BCUT2D eigenvalue weighted by Gasteiger charge is 2.30. The predicted octanol–water partition coefficient (Wildman–Crippen LogP) is 7.29. The van der Waals surface area contributed by atoms with Gasteiger partial charge in [-0.15, -0.1) is 11.8 Å². The Morgan fingerprint density at radius 3 is 2.27 bits per heavy atom. The van der Waals surface area contributed by atoms with E-state index in [0.717, 1.165) is 16.7 Å². The Bertz CT molecular complexity index is 1190. The van der Waals surface area contributed by atoms with Gasteiger partial charge in [0, 0.05) is 30.3 Å². The number of nitrogens with zero attached hydrogens (tertiary/aromatic N) is 1. The number of thioether (sulfide) groups is 1. The highest BCUT2D eigenvalue weighted by molar-refractivity contribution is 7.99. The molecule has 1 atom stereocenters. The lowest BCUT2D eigenvalue weighted by Gasteiger charge is -2.32. The molecular weight excluding hydrogens is 547 g/mol. The van der Waals surface area contributed by atoms with Crippen molar-refractivity contribution in [1.29, 1.82) is 0 Å². The third kappa shape index (κ3) is 9.57.